The topological polar surface area (TPSA) is 96.8 Å². The minimum Gasteiger partial charge on any atom is -0.507 e. The number of halogens is 2. The molecular formula is C24H18ClFN2O5S. The van der Waals surface area contributed by atoms with Crippen molar-refractivity contribution in [3.05, 3.63) is 86.1 Å². The Kier molecular flexibility index (Phi) is 6.24. The maximum Gasteiger partial charge on any atom is 0.350 e. The Bertz CT molecular complexity index is 1370. The lowest BCUT2D eigenvalue weighted by molar-refractivity contribution is -0.132. The van der Waals surface area contributed by atoms with Crippen LogP contribution in [-0.4, -0.2) is 34.9 Å². The summed E-state index contributed by atoms with van der Waals surface area (Å²) < 4.78 is 19.0. The largest absolute Gasteiger partial charge is 0.507 e. The highest BCUT2D eigenvalue weighted by Crippen LogP contribution is 2.44. The second-order valence-corrected chi connectivity index (χ2v) is 9.00. The summed E-state index contributed by atoms with van der Waals surface area (Å²) in [6.07, 6.45) is 0. The van der Waals surface area contributed by atoms with Gasteiger partial charge in [-0.25, -0.2) is 14.2 Å². The molecule has 174 valence electrons. The third kappa shape index (κ3) is 3.97. The van der Waals surface area contributed by atoms with Gasteiger partial charge in [-0.2, -0.15) is 0 Å². The van der Waals surface area contributed by atoms with Crippen LogP contribution in [0.15, 0.2) is 48.0 Å². The summed E-state index contributed by atoms with van der Waals surface area (Å²) in [7, 11) is 1.22. The number of anilines is 1. The van der Waals surface area contributed by atoms with E-state index in [0.29, 0.717) is 21.8 Å². The van der Waals surface area contributed by atoms with Crippen molar-refractivity contribution in [2.24, 2.45) is 0 Å². The normalized spacial score (nSPS) is 17.3. The fraction of sp³-hybridized carbons (Fsp3) is 0.167. The molecule has 1 aliphatic heterocycles. The van der Waals surface area contributed by atoms with Crippen LogP contribution in [0.5, 0.6) is 0 Å². The first-order valence-corrected chi connectivity index (χ1v) is 11.2. The number of aromatic nitrogens is 1. The molecule has 1 amide bonds. The second kappa shape index (κ2) is 9.00. The molecule has 3 aromatic rings. The van der Waals surface area contributed by atoms with Crippen molar-refractivity contribution in [3.63, 3.8) is 0 Å². The van der Waals surface area contributed by atoms with Crippen LogP contribution in [0.1, 0.15) is 38.1 Å². The molecule has 1 aromatic heterocycles. The molecule has 4 rings (SSSR count). The highest BCUT2D eigenvalue weighted by molar-refractivity contribution is 7.17. The van der Waals surface area contributed by atoms with E-state index in [1.807, 2.05) is 0 Å². The predicted molar refractivity (Wildman–Crippen MR) is 126 cm³/mol. The Morgan fingerprint density at radius 1 is 1.18 bits per heavy atom. The molecule has 1 unspecified atom stereocenters. The van der Waals surface area contributed by atoms with E-state index >= 15 is 0 Å². The number of carbonyl (C=O) groups excluding carboxylic acids is 3. The van der Waals surface area contributed by atoms with Gasteiger partial charge in [-0.3, -0.25) is 14.5 Å². The molecule has 2 aromatic carbocycles. The second-order valence-electron chi connectivity index (χ2n) is 7.59. The Hall–Kier alpha value is -3.56. The number of aliphatic hydroxyl groups excluding tert-OH is 1. The molecule has 1 fully saturated rings. The summed E-state index contributed by atoms with van der Waals surface area (Å²) in [4.78, 5) is 44.0. The maximum atomic E-state index is 14.2. The van der Waals surface area contributed by atoms with E-state index in [1.165, 1.54) is 19.2 Å². The predicted octanol–water partition coefficient (Wildman–Crippen LogP) is 4.97. The van der Waals surface area contributed by atoms with Gasteiger partial charge in [-0.15, -0.1) is 0 Å². The number of benzene rings is 2. The Morgan fingerprint density at radius 3 is 2.47 bits per heavy atom. The van der Waals surface area contributed by atoms with E-state index in [9.17, 15) is 23.9 Å². The zero-order valence-electron chi connectivity index (χ0n) is 18.3. The van der Waals surface area contributed by atoms with Gasteiger partial charge in [0.15, 0.2) is 5.13 Å². The van der Waals surface area contributed by atoms with Gasteiger partial charge in [0.2, 0.25) is 0 Å². The summed E-state index contributed by atoms with van der Waals surface area (Å²) in [5.74, 6) is -3.64. The molecule has 10 heteroatoms. The molecule has 1 atom stereocenters. The van der Waals surface area contributed by atoms with E-state index in [0.717, 1.165) is 22.3 Å². The standard InChI is InChI=1S/C24H18ClFN2O5S/c1-11-4-5-14(10-16(11)26)19(29)17-18(13-6-8-15(25)9-7-13)28(22(31)20(17)30)24-27-12(2)21(34-24)23(32)33-3/h4-10,18,29H,1-3H3/b19-17-. The number of ketones is 1. The van der Waals surface area contributed by atoms with Crippen molar-refractivity contribution < 1.29 is 28.6 Å². The molecule has 0 aliphatic carbocycles. The van der Waals surface area contributed by atoms with E-state index in [-0.39, 0.29) is 21.1 Å². The zero-order valence-corrected chi connectivity index (χ0v) is 19.8. The average molecular weight is 501 g/mol. The summed E-state index contributed by atoms with van der Waals surface area (Å²) in [5, 5.41) is 11.6. The van der Waals surface area contributed by atoms with Gasteiger partial charge in [-0.05, 0) is 43.2 Å². The highest BCUT2D eigenvalue weighted by atomic mass is 35.5. The number of aliphatic hydroxyl groups is 1. The smallest absolute Gasteiger partial charge is 0.350 e. The molecule has 1 saturated heterocycles. The molecule has 0 bridgehead atoms. The number of nitrogens with zero attached hydrogens (tertiary/aromatic N) is 2. The SMILES string of the molecule is COC(=O)c1sc(N2C(=O)C(=O)/C(=C(\O)c3ccc(C)c(F)c3)C2c2ccc(Cl)cc2)nc1C. The number of aryl methyl sites for hydroxylation is 2. The molecule has 34 heavy (non-hydrogen) atoms. The number of thiazole rings is 1. The minimum atomic E-state index is -1.09. The van der Waals surface area contributed by atoms with E-state index < -0.39 is 35.3 Å². The van der Waals surface area contributed by atoms with Crippen molar-refractivity contribution in [1.82, 2.24) is 4.98 Å². The lowest BCUT2D eigenvalue weighted by Crippen LogP contribution is -2.29. The Balaban J connectivity index is 1.94. The van der Waals surface area contributed by atoms with Crippen LogP contribution in [0.4, 0.5) is 9.52 Å². The zero-order chi connectivity index (χ0) is 24.7. The fourth-order valence-corrected chi connectivity index (χ4v) is 4.79. The van der Waals surface area contributed by atoms with Crippen LogP contribution >= 0.6 is 22.9 Å². The van der Waals surface area contributed by atoms with Gasteiger partial charge in [0.25, 0.3) is 5.78 Å². The van der Waals surface area contributed by atoms with Crippen LogP contribution in [-0.2, 0) is 14.3 Å². The van der Waals surface area contributed by atoms with Crippen molar-refractivity contribution >= 4 is 51.5 Å². The van der Waals surface area contributed by atoms with Crippen LogP contribution < -0.4 is 4.90 Å². The molecule has 0 spiro atoms. The number of esters is 1. The minimum absolute atomic E-state index is 0.0469. The number of carbonyl (C=O) groups is 3. The van der Waals surface area contributed by atoms with Gasteiger partial charge in [0.1, 0.15) is 16.5 Å². The molecule has 0 saturated carbocycles. The molecule has 0 radical (unpaired) electrons. The van der Waals surface area contributed by atoms with Crippen LogP contribution in [0.25, 0.3) is 5.76 Å². The van der Waals surface area contributed by atoms with Crippen molar-refractivity contribution in [2.45, 2.75) is 19.9 Å². The monoisotopic (exact) mass is 500 g/mol. The van der Waals surface area contributed by atoms with Gasteiger partial charge in [0.05, 0.1) is 24.4 Å². The Labute approximate surface area is 203 Å². The van der Waals surface area contributed by atoms with E-state index in [4.69, 9.17) is 16.3 Å². The number of methoxy groups -OCH3 is 1. The number of Topliss-reactive ketones (excluding diaryl/α,β-unsaturated/α-hetero) is 1. The van der Waals surface area contributed by atoms with Crippen molar-refractivity contribution in [1.29, 1.82) is 0 Å². The highest BCUT2D eigenvalue weighted by Gasteiger charge is 2.48. The van der Waals surface area contributed by atoms with E-state index in [2.05, 4.69) is 4.98 Å². The molecule has 7 nitrogen and oxygen atoms in total. The summed E-state index contributed by atoms with van der Waals surface area (Å²) >= 11 is 6.91. The Morgan fingerprint density at radius 2 is 1.85 bits per heavy atom. The van der Waals surface area contributed by atoms with Gasteiger partial charge >= 0.3 is 11.9 Å². The fourth-order valence-electron chi connectivity index (χ4n) is 3.65. The van der Waals surface area contributed by atoms with E-state index in [1.54, 1.807) is 38.1 Å². The molecule has 1 aliphatic rings. The third-order valence-electron chi connectivity index (χ3n) is 5.44. The lowest BCUT2D eigenvalue weighted by Gasteiger charge is -2.23. The van der Waals surface area contributed by atoms with Crippen LogP contribution in [0.3, 0.4) is 0 Å². The molecule has 2 heterocycles. The molecular weight excluding hydrogens is 483 g/mol. The van der Waals surface area contributed by atoms with Crippen molar-refractivity contribution in [2.75, 3.05) is 12.0 Å². The first kappa shape index (κ1) is 23.6. The first-order valence-electron chi connectivity index (χ1n) is 10.0. The number of hydrogen-bond acceptors (Lipinski definition) is 7. The number of amides is 1. The lowest BCUT2D eigenvalue weighted by atomic mass is 9.95. The summed E-state index contributed by atoms with van der Waals surface area (Å²) in [5.41, 5.74) is 0.961. The average Bonchev–Trinajstić information content (AvgIpc) is 3.32. The van der Waals surface area contributed by atoms with Crippen molar-refractivity contribution in [3.8, 4) is 0 Å². The number of ether oxygens (including phenoxy) is 1. The maximum absolute atomic E-state index is 14.2. The number of hydrogen-bond donors (Lipinski definition) is 1. The van der Waals surface area contributed by atoms with Gasteiger partial charge < -0.3 is 9.84 Å². The van der Waals surface area contributed by atoms with Crippen LogP contribution in [0, 0.1) is 19.7 Å². The first-order chi connectivity index (χ1) is 16.1. The summed E-state index contributed by atoms with van der Waals surface area (Å²) in [6, 6.07) is 9.31. The number of rotatable bonds is 4. The van der Waals surface area contributed by atoms with Gasteiger partial charge in [-0.1, -0.05) is 47.2 Å². The summed E-state index contributed by atoms with van der Waals surface area (Å²) in [6.45, 7) is 3.14. The third-order valence-corrected chi connectivity index (χ3v) is 6.83. The molecule has 1 N–H and O–H groups in total. The van der Waals surface area contributed by atoms with Crippen LogP contribution in [0.2, 0.25) is 5.02 Å². The quantitative estimate of drug-likeness (QED) is 0.235. The van der Waals surface area contributed by atoms with Gasteiger partial charge in [0, 0.05) is 10.6 Å².